The van der Waals surface area contributed by atoms with Gasteiger partial charge < -0.3 is 4.43 Å². The van der Waals surface area contributed by atoms with Gasteiger partial charge >= 0.3 is 0 Å². The van der Waals surface area contributed by atoms with Gasteiger partial charge in [0.25, 0.3) is 0 Å². The SMILES string of the molecule is CO[Si](C)(S)CCCBr. The fourth-order valence-electron chi connectivity index (χ4n) is 0.497. The van der Waals surface area contributed by atoms with Crippen molar-refractivity contribution in [2.24, 2.45) is 0 Å². The second kappa shape index (κ2) is 4.77. The normalized spacial score (nSPS) is 17.3. The molecule has 0 radical (unpaired) electrons. The minimum Gasteiger partial charge on any atom is -0.410 e. The third kappa shape index (κ3) is 5.45. The van der Waals surface area contributed by atoms with Crippen LogP contribution in [-0.4, -0.2) is 19.9 Å². The molecular formula is C5H13BrOSSi. The van der Waals surface area contributed by atoms with E-state index in [1.54, 1.807) is 7.11 Å². The van der Waals surface area contributed by atoms with Crippen molar-refractivity contribution < 1.29 is 4.43 Å². The summed E-state index contributed by atoms with van der Waals surface area (Å²) in [5.74, 6) is 0. The largest absolute Gasteiger partial charge is 0.410 e. The van der Waals surface area contributed by atoms with Crippen molar-refractivity contribution in [2.45, 2.75) is 19.0 Å². The second-order valence-corrected chi connectivity index (χ2v) is 9.06. The summed E-state index contributed by atoms with van der Waals surface area (Å²) in [7, 11) is 0.210. The van der Waals surface area contributed by atoms with E-state index in [0.717, 1.165) is 11.4 Å². The molecule has 0 saturated heterocycles. The van der Waals surface area contributed by atoms with Gasteiger partial charge in [-0.3, -0.25) is 0 Å². The summed E-state index contributed by atoms with van der Waals surface area (Å²) in [5.41, 5.74) is 0. The van der Waals surface area contributed by atoms with Crippen LogP contribution in [0, 0.1) is 0 Å². The first-order valence-electron chi connectivity index (χ1n) is 2.96. The third-order valence-electron chi connectivity index (χ3n) is 1.21. The number of rotatable bonds is 4. The second-order valence-electron chi connectivity index (χ2n) is 2.17. The van der Waals surface area contributed by atoms with Crippen molar-refractivity contribution in [3.05, 3.63) is 0 Å². The number of alkyl halides is 1. The molecule has 0 aromatic rings. The predicted octanol–water partition coefficient (Wildman–Crippen LogP) is 2.42. The van der Waals surface area contributed by atoms with Gasteiger partial charge in [0.1, 0.15) is 0 Å². The average molecular weight is 229 g/mol. The van der Waals surface area contributed by atoms with Gasteiger partial charge in [-0.05, 0) is 19.0 Å². The molecule has 4 heteroatoms. The van der Waals surface area contributed by atoms with Crippen LogP contribution in [0.15, 0.2) is 0 Å². The molecule has 56 valence electrons. The zero-order valence-electron chi connectivity index (χ0n) is 5.85. The van der Waals surface area contributed by atoms with Gasteiger partial charge in [0.15, 0.2) is 0 Å². The van der Waals surface area contributed by atoms with E-state index in [2.05, 4.69) is 34.6 Å². The maximum Gasteiger partial charge on any atom is 0.247 e. The minimum atomic E-state index is -1.53. The Morgan fingerprint density at radius 3 is 2.56 bits per heavy atom. The fourth-order valence-corrected chi connectivity index (χ4v) is 2.81. The van der Waals surface area contributed by atoms with E-state index >= 15 is 0 Å². The molecule has 0 heterocycles. The molecule has 0 aliphatic carbocycles. The van der Waals surface area contributed by atoms with Crippen molar-refractivity contribution >= 4 is 35.5 Å². The standard InChI is InChI=1S/C5H13BrOSSi/c1-7-9(2,8)5-3-4-6/h8H,3-5H2,1-2H3. The van der Waals surface area contributed by atoms with Gasteiger partial charge in [0, 0.05) is 12.4 Å². The van der Waals surface area contributed by atoms with E-state index in [1.165, 1.54) is 6.42 Å². The van der Waals surface area contributed by atoms with Crippen LogP contribution in [0.3, 0.4) is 0 Å². The van der Waals surface area contributed by atoms with Crippen molar-refractivity contribution in [3.8, 4) is 0 Å². The van der Waals surface area contributed by atoms with Gasteiger partial charge in [-0.25, -0.2) is 0 Å². The van der Waals surface area contributed by atoms with Gasteiger partial charge in [-0.15, -0.1) is 0 Å². The molecule has 0 amide bonds. The molecule has 9 heavy (non-hydrogen) atoms. The minimum absolute atomic E-state index is 1.06. The molecule has 0 aromatic heterocycles. The number of thiol groups is 1. The van der Waals surface area contributed by atoms with E-state index in [0.29, 0.717) is 0 Å². The van der Waals surface area contributed by atoms with Crippen LogP contribution >= 0.6 is 28.0 Å². The van der Waals surface area contributed by atoms with Gasteiger partial charge in [-0.1, -0.05) is 15.9 Å². The highest BCUT2D eigenvalue weighted by Crippen LogP contribution is 2.17. The predicted molar refractivity (Wildman–Crippen MR) is 50.8 cm³/mol. The van der Waals surface area contributed by atoms with Crippen molar-refractivity contribution in [1.82, 2.24) is 0 Å². The maximum atomic E-state index is 5.22. The fraction of sp³-hybridized carbons (Fsp3) is 1.00. The van der Waals surface area contributed by atoms with Gasteiger partial charge in [0.05, 0.1) is 0 Å². The molecule has 0 aliphatic heterocycles. The van der Waals surface area contributed by atoms with E-state index < -0.39 is 7.47 Å². The quantitative estimate of drug-likeness (QED) is 0.442. The van der Waals surface area contributed by atoms with Crippen molar-refractivity contribution in [2.75, 3.05) is 12.4 Å². The number of hydrogen-bond donors (Lipinski definition) is 1. The molecule has 0 N–H and O–H groups in total. The van der Waals surface area contributed by atoms with E-state index in [-0.39, 0.29) is 0 Å². The molecule has 0 rings (SSSR count). The molecule has 0 spiro atoms. The van der Waals surface area contributed by atoms with Crippen LogP contribution in [0.4, 0.5) is 0 Å². The summed E-state index contributed by atoms with van der Waals surface area (Å²) in [5, 5.41) is 1.06. The smallest absolute Gasteiger partial charge is 0.247 e. The summed E-state index contributed by atoms with van der Waals surface area (Å²) in [6.45, 7) is 2.11. The lowest BCUT2D eigenvalue weighted by Crippen LogP contribution is -2.25. The number of hydrogen-bond acceptors (Lipinski definition) is 2. The Bertz CT molecular complexity index is 79.4. The van der Waals surface area contributed by atoms with Crippen LogP contribution in [-0.2, 0) is 4.43 Å². The van der Waals surface area contributed by atoms with Crippen LogP contribution in [0.5, 0.6) is 0 Å². The van der Waals surface area contributed by atoms with E-state index in [4.69, 9.17) is 4.43 Å². The highest BCUT2D eigenvalue weighted by Gasteiger charge is 2.20. The Hall–Kier alpha value is 1.01. The highest BCUT2D eigenvalue weighted by atomic mass is 79.9. The molecule has 1 nitrogen and oxygen atoms in total. The number of halogens is 1. The molecule has 1 atom stereocenters. The molecule has 0 aliphatic rings. The molecule has 0 aromatic carbocycles. The van der Waals surface area contributed by atoms with Crippen molar-refractivity contribution in [3.63, 3.8) is 0 Å². The van der Waals surface area contributed by atoms with Crippen LogP contribution in [0.25, 0.3) is 0 Å². The topological polar surface area (TPSA) is 9.23 Å². The summed E-state index contributed by atoms with van der Waals surface area (Å²) >= 11 is 7.78. The lowest BCUT2D eigenvalue weighted by Gasteiger charge is -2.16. The van der Waals surface area contributed by atoms with Crippen LogP contribution in [0.2, 0.25) is 12.6 Å². The molecule has 1 unspecified atom stereocenters. The first kappa shape index (κ1) is 10.0. The first-order valence-corrected chi connectivity index (χ1v) is 7.98. The van der Waals surface area contributed by atoms with E-state index in [1.807, 2.05) is 0 Å². The average Bonchev–Trinajstić information content (AvgIpc) is 1.84. The lowest BCUT2D eigenvalue weighted by atomic mass is 10.6. The zero-order valence-corrected chi connectivity index (χ0v) is 9.34. The van der Waals surface area contributed by atoms with E-state index in [9.17, 15) is 0 Å². The summed E-state index contributed by atoms with van der Waals surface area (Å²) < 4.78 is 5.22. The summed E-state index contributed by atoms with van der Waals surface area (Å²) in [4.78, 5) is 0. The Balaban J connectivity index is 3.33. The molecule has 0 fully saturated rings. The lowest BCUT2D eigenvalue weighted by molar-refractivity contribution is 0.417. The monoisotopic (exact) mass is 228 g/mol. The Kier molecular flexibility index (Phi) is 5.30. The van der Waals surface area contributed by atoms with Gasteiger partial charge in [0.2, 0.25) is 7.47 Å². The molecule has 0 saturated carbocycles. The molecule has 0 bridgehead atoms. The maximum absolute atomic E-state index is 5.22. The Morgan fingerprint density at radius 1 is 1.67 bits per heavy atom. The zero-order chi connectivity index (χ0) is 7.33. The summed E-state index contributed by atoms with van der Waals surface area (Å²) in [6.07, 6.45) is 1.17. The van der Waals surface area contributed by atoms with Crippen LogP contribution in [0.1, 0.15) is 6.42 Å². The Labute approximate surface area is 71.5 Å². The highest BCUT2D eigenvalue weighted by molar-refractivity contribution is 9.09. The third-order valence-corrected chi connectivity index (χ3v) is 5.15. The van der Waals surface area contributed by atoms with Crippen molar-refractivity contribution in [1.29, 1.82) is 0 Å². The van der Waals surface area contributed by atoms with Gasteiger partial charge in [-0.2, -0.15) is 12.1 Å². The molecular weight excluding hydrogens is 216 g/mol. The first-order chi connectivity index (χ1) is 4.12. The van der Waals surface area contributed by atoms with Crippen LogP contribution < -0.4 is 0 Å². The Morgan fingerprint density at radius 2 is 2.22 bits per heavy atom. The summed E-state index contributed by atoms with van der Waals surface area (Å²) in [6, 6.07) is 1.12.